The molecule has 1 saturated heterocycles. The highest BCUT2D eigenvalue weighted by Crippen LogP contribution is 2.32. The van der Waals surface area contributed by atoms with Gasteiger partial charge in [0, 0.05) is 24.8 Å². The molecule has 7 nitrogen and oxygen atoms in total. The predicted octanol–water partition coefficient (Wildman–Crippen LogP) is 4.80. The van der Waals surface area contributed by atoms with Crippen LogP contribution < -0.4 is 5.32 Å². The van der Waals surface area contributed by atoms with Crippen molar-refractivity contribution < 1.29 is 17.6 Å². The molecule has 0 saturated carbocycles. The minimum atomic E-state index is -3.86. The molecular weight excluding hydrogens is 490 g/mol. The summed E-state index contributed by atoms with van der Waals surface area (Å²) in [5.41, 5.74) is 0.771. The van der Waals surface area contributed by atoms with Gasteiger partial charge < -0.3 is 5.32 Å². The van der Waals surface area contributed by atoms with E-state index in [1.54, 1.807) is 24.4 Å². The first-order chi connectivity index (χ1) is 15.8. The third-order valence-corrected chi connectivity index (χ3v) is 8.06. The largest absolute Gasteiger partial charge is 0.319 e. The molecule has 3 aromatic rings. The van der Waals surface area contributed by atoms with Crippen molar-refractivity contribution in [3.05, 3.63) is 75.8 Å². The molecular formula is C22H21Cl2FN4O3S. The Morgan fingerprint density at radius 2 is 1.82 bits per heavy atom. The molecule has 1 amide bonds. The zero-order chi connectivity index (χ0) is 23.6. The zero-order valence-electron chi connectivity index (χ0n) is 17.5. The number of hydrogen-bond acceptors (Lipinski definition) is 4. The van der Waals surface area contributed by atoms with Crippen molar-refractivity contribution in [3.63, 3.8) is 0 Å². The number of carbonyl (C=O) groups excluding carboxylic acids is 1. The predicted molar refractivity (Wildman–Crippen MR) is 125 cm³/mol. The summed E-state index contributed by atoms with van der Waals surface area (Å²) < 4.78 is 42.9. The number of amides is 1. The van der Waals surface area contributed by atoms with Gasteiger partial charge in [-0.25, -0.2) is 12.8 Å². The van der Waals surface area contributed by atoms with Crippen LogP contribution in [0, 0.1) is 5.82 Å². The summed E-state index contributed by atoms with van der Waals surface area (Å²) in [6, 6.07) is 8.79. The number of benzene rings is 2. The van der Waals surface area contributed by atoms with E-state index < -0.39 is 15.9 Å². The fraction of sp³-hybridized carbons (Fsp3) is 0.273. The Labute approximate surface area is 201 Å². The molecule has 4 rings (SSSR count). The molecule has 2 heterocycles. The molecule has 0 spiro atoms. The first-order valence-electron chi connectivity index (χ1n) is 10.3. The molecule has 0 bridgehead atoms. The SMILES string of the molecule is O=C(Nc1cnn(Cc2ccccc2F)c1)c1cc(S(=O)(=O)N2CCCCC2)c(Cl)cc1Cl. The third-order valence-electron chi connectivity index (χ3n) is 5.38. The Kier molecular flexibility index (Phi) is 7.04. The van der Waals surface area contributed by atoms with Crippen LogP contribution in [0.2, 0.25) is 10.0 Å². The summed E-state index contributed by atoms with van der Waals surface area (Å²) >= 11 is 12.4. The van der Waals surface area contributed by atoms with E-state index in [0.29, 0.717) is 24.3 Å². The second-order valence-corrected chi connectivity index (χ2v) is 10.4. The molecule has 0 atom stereocenters. The molecule has 1 aliphatic rings. The average Bonchev–Trinajstić information content (AvgIpc) is 3.22. The van der Waals surface area contributed by atoms with Crippen molar-refractivity contribution in [1.82, 2.24) is 14.1 Å². The normalized spacial score (nSPS) is 14.9. The van der Waals surface area contributed by atoms with Crippen LogP contribution in [0.4, 0.5) is 10.1 Å². The molecule has 2 aromatic carbocycles. The third kappa shape index (κ3) is 5.22. The monoisotopic (exact) mass is 510 g/mol. The van der Waals surface area contributed by atoms with Crippen LogP contribution in [0.25, 0.3) is 0 Å². The van der Waals surface area contributed by atoms with Gasteiger partial charge in [0.2, 0.25) is 10.0 Å². The highest BCUT2D eigenvalue weighted by molar-refractivity contribution is 7.89. The maximum absolute atomic E-state index is 13.9. The van der Waals surface area contributed by atoms with Gasteiger partial charge in [-0.3, -0.25) is 9.48 Å². The summed E-state index contributed by atoms with van der Waals surface area (Å²) in [6.07, 6.45) is 5.47. The maximum atomic E-state index is 13.9. The lowest BCUT2D eigenvalue weighted by Crippen LogP contribution is -2.35. The summed E-state index contributed by atoms with van der Waals surface area (Å²) in [6.45, 7) is 0.997. The van der Waals surface area contributed by atoms with Crippen molar-refractivity contribution >= 4 is 44.8 Å². The lowest BCUT2D eigenvalue weighted by Gasteiger charge is -2.26. The number of carbonyl (C=O) groups is 1. The van der Waals surface area contributed by atoms with Gasteiger partial charge in [0.15, 0.2) is 0 Å². The van der Waals surface area contributed by atoms with Crippen LogP contribution in [-0.2, 0) is 16.6 Å². The fourth-order valence-electron chi connectivity index (χ4n) is 3.66. The highest BCUT2D eigenvalue weighted by atomic mass is 35.5. The Morgan fingerprint density at radius 3 is 2.55 bits per heavy atom. The second kappa shape index (κ2) is 9.80. The van der Waals surface area contributed by atoms with Crippen molar-refractivity contribution in [2.75, 3.05) is 18.4 Å². The summed E-state index contributed by atoms with van der Waals surface area (Å²) in [5.74, 6) is -0.967. The van der Waals surface area contributed by atoms with Gasteiger partial charge >= 0.3 is 0 Å². The molecule has 1 N–H and O–H groups in total. The average molecular weight is 511 g/mol. The van der Waals surface area contributed by atoms with Gasteiger partial charge in [-0.2, -0.15) is 9.40 Å². The number of nitrogens with one attached hydrogen (secondary N) is 1. The minimum Gasteiger partial charge on any atom is -0.319 e. The van der Waals surface area contributed by atoms with Crippen LogP contribution in [0.3, 0.4) is 0 Å². The van der Waals surface area contributed by atoms with E-state index in [1.165, 1.54) is 33.4 Å². The van der Waals surface area contributed by atoms with Crippen LogP contribution in [0.1, 0.15) is 35.2 Å². The number of rotatable bonds is 6. The first kappa shape index (κ1) is 23.7. The molecule has 1 aromatic heterocycles. The van der Waals surface area contributed by atoms with E-state index in [4.69, 9.17) is 23.2 Å². The number of halogens is 3. The van der Waals surface area contributed by atoms with Gasteiger partial charge in [-0.05, 0) is 31.0 Å². The van der Waals surface area contributed by atoms with Crippen molar-refractivity contribution in [2.45, 2.75) is 30.7 Å². The lowest BCUT2D eigenvalue weighted by atomic mass is 10.2. The Hall–Kier alpha value is -2.46. The Bertz CT molecular complexity index is 1290. The molecule has 33 heavy (non-hydrogen) atoms. The molecule has 0 radical (unpaired) electrons. The fourth-order valence-corrected chi connectivity index (χ4v) is 6.01. The molecule has 174 valence electrons. The van der Waals surface area contributed by atoms with E-state index in [9.17, 15) is 17.6 Å². The molecule has 1 aliphatic heterocycles. The van der Waals surface area contributed by atoms with Crippen LogP contribution in [-0.4, -0.2) is 41.5 Å². The molecule has 0 unspecified atom stereocenters. The van der Waals surface area contributed by atoms with E-state index in [-0.39, 0.29) is 32.9 Å². The van der Waals surface area contributed by atoms with E-state index in [2.05, 4.69) is 10.4 Å². The standard InChI is InChI=1S/C22H21Cl2FN4O3S/c23-18-11-19(24)21(33(31,32)29-8-4-1-5-9-29)10-17(18)22(30)27-16-12-26-28(14-16)13-15-6-2-3-7-20(15)25/h2-3,6-7,10-12,14H,1,4-5,8-9,13H2,(H,27,30). The summed E-state index contributed by atoms with van der Waals surface area (Å²) in [5, 5.41) is 6.76. The Balaban J connectivity index is 1.55. The zero-order valence-corrected chi connectivity index (χ0v) is 19.8. The van der Waals surface area contributed by atoms with Crippen molar-refractivity contribution in [2.24, 2.45) is 0 Å². The smallest absolute Gasteiger partial charge is 0.257 e. The van der Waals surface area contributed by atoms with Gasteiger partial charge in [-0.1, -0.05) is 47.8 Å². The van der Waals surface area contributed by atoms with E-state index in [1.807, 2.05) is 0 Å². The quantitative estimate of drug-likeness (QED) is 0.515. The van der Waals surface area contributed by atoms with Gasteiger partial charge in [0.1, 0.15) is 10.7 Å². The summed E-state index contributed by atoms with van der Waals surface area (Å²) in [4.78, 5) is 12.7. The number of aromatic nitrogens is 2. The lowest BCUT2D eigenvalue weighted by molar-refractivity contribution is 0.102. The van der Waals surface area contributed by atoms with Gasteiger partial charge in [0.25, 0.3) is 5.91 Å². The number of sulfonamides is 1. The number of hydrogen-bond donors (Lipinski definition) is 1. The first-order valence-corrected chi connectivity index (χ1v) is 12.5. The topological polar surface area (TPSA) is 84.3 Å². The maximum Gasteiger partial charge on any atom is 0.257 e. The number of nitrogens with zero attached hydrogens (tertiary/aromatic N) is 3. The van der Waals surface area contributed by atoms with Crippen molar-refractivity contribution in [1.29, 1.82) is 0 Å². The molecule has 0 aliphatic carbocycles. The van der Waals surface area contributed by atoms with Crippen LogP contribution in [0.15, 0.2) is 53.7 Å². The van der Waals surface area contributed by atoms with E-state index >= 15 is 0 Å². The molecule has 11 heteroatoms. The van der Waals surface area contributed by atoms with E-state index in [0.717, 1.165) is 19.3 Å². The molecule has 1 fully saturated rings. The number of anilines is 1. The van der Waals surface area contributed by atoms with Crippen LogP contribution in [0.5, 0.6) is 0 Å². The summed E-state index contributed by atoms with van der Waals surface area (Å²) in [7, 11) is -3.86. The van der Waals surface area contributed by atoms with Gasteiger partial charge in [0.05, 0.1) is 34.0 Å². The number of piperidine rings is 1. The second-order valence-electron chi connectivity index (χ2n) is 7.70. The van der Waals surface area contributed by atoms with Crippen molar-refractivity contribution in [3.8, 4) is 0 Å². The minimum absolute atomic E-state index is 0.0221. The van der Waals surface area contributed by atoms with Crippen LogP contribution >= 0.6 is 23.2 Å². The Morgan fingerprint density at radius 1 is 1.09 bits per heavy atom. The van der Waals surface area contributed by atoms with Gasteiger partial charge in [-0.15, -0.1) is 0 Å². The highest BCUT2D eigenvalue weighted by Gasteiger charge is 2.30.